The molecule has 5 rings (SSSR count). The second kappa shape index (κ2) is 10.2. The number of hydrogen-bond acceptors (Lipinski definition) is 4. The molecule has 0 saturated heterocycles. The van der Waals surface area contributed by atoms with Crippen LogP contribution in [0.1, 0.15) is 31.7 Å². The molecule has 3 aromatic carbocycles. The van der Waals surface area contributed by atoms with Crippen molar-refractivity contribution < 1.29 is 45.0 Å². The van der Waals surface area contributed by atoms with Gasteiger partial charge in [-0.25, -0.2) is 17.2 Å². The molecule has 3 aromatic rings. The van der Waals surface area contributed by atoms with Gasteiger partial charge in [0.2, 0.25) is 0 Å². The number of benzene rings is 3. The van der Waals surface area contributed by atoms with Gasteiger partial charge in [0, 0.05) is 11.6 Å². The Hall–Kier alpha value is -3.38. The summed E-state index contributed by atoms with van der Waals surface area (Å²) in [6.45, 7) is 1.33. The molecule has 0 spiro atoms. The molecule has 0 amide bonds. The summed E-state index contributed by atoms with van der Waals surface area (Å²) in [4.78, 5) is 10.9. The Morgan fingerprint density at radius 1 is 1.12 bits per heavy atom. The number of carbonyl (C=O) groups is 1. The first-order valence-electron chi connectivity index (χ1n) is 12.5. The maximum Gasteiger partial charge on any atom is 0.416 e. The molecule has 218 valence electrons. The summed E-state index contributed by atoms with van der Waals surface area (Å²) in [5, 5.41) is 9.02. The van der Waals surface area contributed by atoms with Gasteiger partial charge in [-0.15, -0.1) is 0 Å². The van der Waals surface area contributed by atoms with Gasteiger partial charge in [-0.05, 0) is 74.1 Å². The number of sulfonamides is 1. The quantitative estimate of drug-likeness (QED) is 0.235. The molecule has 1 fully saturated rings. The van der Waals surface area contributed by atoms with Gasteiger partial charge in [-0.3, -0.25) is 9.10 Å². The number of rotatable bonds is 6. The van der Waals surface area contributed by atoms with E-state index in [1.165, 1.54) is 18.2 Å². The van der Waals surface area contributed by atoms with E-state index < -0.39 is 60.8 Å². The predicted molar refractivity (Wildman–Crippen MR) is 140 cm³/mol. The van der Waals surface area contributed by atoms with E-state index in [9.17, 15) is 40.3 Å². The van der Waals surface area contributed by atoms with Gasteiger partial charge in [0.05, 0.1) is 33.1 Å². The first kappa shape index (κ1) is 29.1. The van der Waals surface area contributed by atoms with Crippen LogP contribution in [0.15, 0.2) is 59.5 Å². The van der Waals surface area contributed by atoms with Crippen molar-refractivity contribution in [2.24, 2.45) is 11.3 Å². The number of halogens is 6. The fourth-order valence-electron chi connectivity index (χ4n) is 5.48. The SMILES string of the molecule is C[C@]1(C(=O)O)C[C@@H](CC2CN(S(=O)(=O)c3cccc(C(F)(F)F)c3)c3cc(-c4cc(F)cc(F)c4Cl)ccc3O2)C1. The number of nitrogens with zero attached hydrogens (tertiary/aromatic N) is 1. The summed E-state index contributed by atoms with van der Waals surface area (Å²) in [5.74, 6) is -2.88. The fraction of sp³-hybridized carbons (Fsp3) is 0.321. The maximum atomic E-state index is 14.2. The summed E-state index contributed by atoms with van der Waals surface area (Å²) < 4.78 is 103. The summed E-state index contributed by atoms with van der Waals surface area (Å²) >= 11 is 6.06. The van der Waals surface area contributed by atoms with E-state index in [1.807, 2.05) is 0 Å². The van der Waals surface area contributed by atoms with Crippen molar-refractivity contribution in [2.75, 3.05) is 10.8 Å². The Bertz CT molecular complexity index is 1640. The molecule has 1 aliphatic heterocycles. The minimum Gasteiger partial charge on any atom is -0.486 e. The zero-order chi connectivity index (χ0) is 29.9. The standard InChI is InChI=1S/C28H23ClF5NO5S/c1-27(26(36)37)12-15(13-27)7-19-14-35(41(38,39)20-4-2-3-17(9-20)28(32,33)34)23-8-16(5-6-24(23)40-19)21-10-18(30)11-22(31)25(21)29/h2-6,8-11,15,19H,7,12-14H2,1H3,(H,36,37)/t15-,19?,27+. The molecule has 41 heavy (non-hydrogen) atoms. The van der Waals surface area contributed by atoms with Crippen molar-refractivity contribution >= 4 is 33.3 Å². The van der Waals surface area contributed by atoms with Crippen LogP contribution >= 0.6 is 11.6 Å². The van der Waals surface area contributed by atoms with Gasteiger partial charge in [-0.2, -0.15) is 13.2 Å². The van der Waals surface area contributed by atoms with Crippen LogP contribution in [0.5, 0.6) is 5.75 Å². The molecule has 0 bridgehead atoms. The van der Waals surface area contributed by atoms with E-state index in [1.54, 1.807) is 6.92 Å². The predicted octanol–water partition coefficient (Wildman–Crippen LogP) is 7.15. The minimum atomic E-state index is -4.79. The van der Waals surface area contributed by atoms with Crippen molar-refractivity contribution in [3.63, 3.8) is 0 Å². The number of aliphatic carboxylic acids is 1. The first-order valence-corrected chi connectivity index (χ1v) is 14.3. The first-order chi connectivity index (χ1) is 19.1. The summed E-state index contributed by atoms with van der Waals surface area (Å²) in [6, 6.07) is 9.01. The van der Waals surface area contributed by atoms with Gasteiger partial charge >= 0.3 is 12.1 Å². The van der Waals surface area contributed by atoms with Crippen LogP contribution in [-0.2, 0) is 21.0 Å². The van der Waals surface area contributed by atoms with Crippen LogP contribution in [0.4, 0.5) is 27.6 Å². The average Bonchev–Trinajstić information content (AvgIpc) is 2.88. The van der Waals surface area contributed by atoms with Gasteiger partial charge in [0.1, 0.15) is 23.5 Å². The van der Waals surface area contributed by atoms with Gasteiger partial charge in [0.15, 0.2) is 0 Å². The fourth-order valence-corrected chi connectivity index (χ4v) is 7.25. The molecule has 0 aromatic heterocycles. The highest BCUT2D eigenvalue weighted by atomic mass is 35.5. The molecule has 2 aliphatic rings. The van der Waals surface area contributed by atoms with Crippen LogP contribution in [0.2, 0.25) is 5.02 Å². The summed E-state index contributed by atoms with van der Waals surface area (Å²) in [7, 11) is -4.60. The lowest BCUT2D eigenvalue weighted by atomic mass is 9.61. The maximum absolute atomic E-state index is 14.2. The highest BCUT2D eigenvalue weighted by molar-refractivity contribution is 7.92. The van der Waals surface area contributed by atoms with E-state index >= 15 is 0 Å². The van der Waals surface area contributed by atoms with E-state index in [0.29, 0.717) is 31.4 Å². The number of alkyl halides is 3. The molecular weight excluding hydrogens is 593 g/mol. The third-order valence-electron chi connectivity index (χ3n) is 7.54. The third-order valence-corrected chi connectivity index (χ3v) is 9.69. The molecular formula is C28H23ClF5NO5S. The van der Waals surface area contributed by atoms with E-state index in [2.05, 4.69) is 0 Å². The molecule has 1 saturated carbocycles. The number of carboxylic acids is 1. The van der Waals surface area contributed by atoms with Gasteiger partial charge < -0.3 is 9.84 Å². The molecule has 1 aliphatic carbocycles. The number of ether oxygens (including phenoxy) is 1. The molecule has 1 atom stereocenters. The van der Waals surface area contributed by atoms with Crippen LogP contribution in [-0.4, -0.2) is 32.1 Å². The normalized spacial score (nSPS) is 22.5. The van der Waals surface area contributed by atoms with Gasteiger partial charge in [0.25, 0.3) is 10.0 Å². The third kappa shape index (κ3) is 5.46. The lowest BCUT2D eigenvalue weighted by Crippen LogP contribution is -2.47. The van der Waals surface area contributed by atoms with E-state index in [-0.39, 0.29) is 35.0 Å². The Kier molecular flexibility index (Phi) is 7.22. The van der Waals surface area contributed by atoms with Crippen molar-refractivity contribution in [3.8, 4) is 16.9 Å². The summed E-state index contributed by atoms with van der Waals surface area (Å²) in [5.41, 5.74) is -2.01. The number of anilines is 1. The molecule has 6 nitrogen and oxygen atoms in total. The second-order valence-corrected chi connectivity index (χ2v) is 12.8. The Morgan fingerprint density at radius 2 is 1.83 bits per heavy atom. The topological polar surface area (TPSA) is 83.9 Å². The molecule has 1 heterocycles. The van der Waals surface area contributed by atoms with Crippen molar-refractivity contribution in [1.82, 2.24) is 0 Å². The zero-order valence-corrected chi connectivity index (χ0v) is 23.0. The number of carboxylic acid groups (broad SMARTS) is 1. The molecule has 1 unspecified atom stereocenters. The Balaban J connectivity index is 1.56. The van der Waals surface area contributed by atoms with Crippen molar-refractivity contribution in [1.29, 1.82) is 0 Å². The Morgan fingerprint density at radius 3 is 2.49 bits per heavy atom. The number of hydrogen-bond donors (Lipinski definition) is 1. The largest absolute Gasteiger partial charge is 0.486 e. The lowest BCUT2D eigenvalue weighted by molar-refractivity contribution is -0.157. The molecule has 13 heteroatoms. The Labute approximate surface area is 237 Å². The van der Waals surface area contributed by atoms with Crippen LogP contribution < -0.4 is 9.04 Å². The van der Waals surface area contributed by atoms with Gasteiger partial charge in [-0.1, -0.05) is 23.7 Å². The van der Waals surface area contributed by atoms with E-state index in [0.717, 1.165) is 28.6 Å². The van der Waals surface area contributed by atoms with Crippen molar-refractivity contribution in [3.05, 3.63) is 76.8 Å². The lowest BCUT2D eigenvalue weighted by Gasteiger charge is -2.44. The van der Waals surface area contributed by atoms with Crippen molar-refractivity contribution in [2.45, 2.75) is 43.4 Å². The van der Waals surface area contributed by atoms with Crippen LogP contribution in [0.3, 0.4) is 0 Å². The summed E-state index contributed by atoms with van der Waals surface area (Å²) in [6.07, 6.45) is -4.51. The van der Waals surface area contributed by atoms with Crippen LogP contribution in [0, 0.1) is 23.0 Å². The molecule has 0 radical (unpaired) electrons. The van der Waals surface area contributed by atoms with E-state index in [4.69, 9.17) is 16.3 Å². The smallest absolute Gasteiger partial charge is 0.416 e. The minimum absolute atomic E-state index is 0.0547. The second-order valence-electron chi connectivity index (χ2n) is 10.6. The highest BCUT2D eigenvalue weighted by Gasteiger charge is 2.48. The monoisotopic (exact) mass is 615 g/mol. The molecule has 1 N–H and O–H groups in total. The number of fused-ring (bicyclic) bond motifs is 1. The average molecular weight is 616 g/mol. The zero-order valence-electron chi connectivity index (χ0n) is 21.4. The van der Waals surface area contributed by atoms with Crippen LogP contribution in [0.25, 0.3) is 11.1 Å². The highest BCUT2D eigenvalue weighted by Crippen LogP contribution is 2.49.